The summed E-state index contributed by atoms with van der Waals surface area (Å²) in [7, 11) is 0. The molecule has 1 aromatic rings. The molecule has 0 nitrogen and oxygen atoms in total. The quantitative estimate of drug-likeness (QED) is 0.674. The SMILES string of the molecule is CCc1ccc(C23CCC(CC2)C3)cc1. The summed E-state index contributed by atoms with van der Waals surface area (Å²) in [4.78, 5) is 0. The predicted octanol–water partition coefficient (Wildman–Crippen LogP) is 4.08. The van der Waals surface area contributed by atoms with Crippen LogP contribution in [0.2, 0.25) is 0 Å². The van der Waals surface area contributed by atoms with Crippen molar-refractivity contribution in [3.63, 3.8) is 0 Å². The fourth-order valence-electron chi connectivity index (χ4n) is 3.69. The van der Waals surface area contributed by atoms with Gasteiger partial charge in [0.15, 0.2) is 0 Å². The van der Waals surface area contributed by atoms with Crippen LogP contribution in [0.3, 0.4) is 0 Å². The lowest BCUT2D eigenvalue weighted by Crippen LogP contribution is -2.19. The standard InChI is InChI=1S/C15H20/c1-2-12-3-5-14(6-4-12)15-9-7-13(11-15)8-10-15/h3-6,13H,2,7-11H2,1H3. The first-order valence-corrected chi connectivity index (χ1v) is 6.42. The molecule has 0 atom stereocenters. The number of rotatable bonds is 2. The molecule has 0 N–H and O–H groups in total. The smallest absolute Gasteiger partial charge is 0.00441 e. The zero-order valence-corrected chi connectivity index (χ0v) is 9.63. The maximum atomic E-state index is 2.40. The Morgan fingerprint density at radius 2 is 1.80 bits per heavy atom. The van der Waals surface area contributed by atoms with E-state index in [0.29, 0.717) is 5.41 Å². The summed E-state index contributed by atoms with van der Waals surface area (Å²) in [5.41, 5.74) is 3.69. The molecule has 15 heavy (non-hydrogen) atoms. The third-order valence-corrected chi connectivity index (χ3v) is 4.72. The van der Waals surface area contributed by atoms with Gasteiger partial charge in [-0.25, -0.2) is 0 Å². The van der Waals surface area contributed by atoms with E-state index < -0.39 is 0 Å². The highest BCUT2D eigenvalue weighted by molar-refractivity contribution is 5.32. The minimum absolute atomic E-state index is 0.594. The summed E-state index contributed by atoms with van der Waals surface area (Å²) in [6.45, 7) is 2.23. The summed E-state index contributed by atoms with van der Waals surface area (Å²) >= 11 is 0. The van der Waals surface area contributed by atoms with Crippen molar-refractivity contribution in [2.24, 2.45) is 5.92 Å². The Labute approximate surface area is 92.7 Å². The van der Waals surface area contributed by atoms with Crippen LogP contribution in [0, 0.1) is 5.92 Å². The van der Waals surface area contributed by atoms with Crippen LogP contribution in [0.1, 0.15) is 50.2 Å². The highest BCUT2D eigenvalue weighted by atomic mass is 14.5. The highest BCUT2D eigenvalue weighted by Crippen LogP contribution is 2.55. The van der Waals surface area contributed by atoms with E-state index in [2.05, 4.69) is 31.2 Å². The summed E-state index contributed by atoms with van der Waals surface area (Å²) in [5, 5.41) is 0. The minimum atomic E-state index is 0.594. The van der Waals surface area contributed by atoms with Gasteiger partial charge in [0.1, 0.15) is 0 Å². The molecule has 0 heterocycles. The van der Waals surface area contributed by atoms with Crippen LogP contribution < -0.4 is 0 Å². The van der Waals surface area contributed by atoms with Crippen LogP contribution in [0.5, 0.6) is 0 Å². The molecule has 0 heteroatoms. The van der Waals surface area contributed by atoms with Crippen LogP contribution in [-0.2, 0) is 11.8 Å². The van der Waals surface area contributed by atoms with Crippen molar-refractivity contribution in [1.29, 1.82) is 0 Å². The second kappa shape index (κ2) is 3.37. The van der Waals surface area contributed by atoms with Crippen LogP contribution in [-0.4, -0.2) is 0 Å². The lowest BCUT2D eigenvalue weighted by Gasteiger charge is -2.27. The maximum absolute atomic E-state index is 2.40. The third kappa shape index (κ3) is 1.42. The second-order valence-corrected chi connectivity index (χ2v) is 5.48. The summed E-state index contributed by atoms with van der Waals surface area (Å²) < 4.78 is 0. The molecule has 0 radical (unpaired) electrons. The van der Waals surface area contributed by atoms with Crippen molar-refractivity contribution in [1.82, 2.24) is 0 Å². The van der Waals surface area contributed by atoms with Gasteiger partial charge in [-0.2, -0.15) is 0 Å². The molecule has 0 aromatic heterocycles. The molecular formula is C15H20. The topological polar surface area (TPSA) is 0 Å². The van der Waals surface area contributed by atoms with Gasteiger partial charge >= 0.3 is 0 Å². The molecule has 0 amide bonds. The fraction of sp³-hybridized carbons (Fsp3) is 0.600. The molecule has 1 aromatic carbocycles. The second-order valence-electron chi connectivity index (χ2n) is 5.48. The normalized spacial score (nSPS) is 33.5. The molecule has 2 aliphatic carbocycles. The van der Waals surface area contributed by atoms with Crippen molar-refractivity contribution in [2.75, 3.05) is 0 Å². The van der Waals surface area contributed by atoms with Crippen LogP contribution >= 0.6 is 0 Å². The van der Waals surface area contributed by atoms with Gasteiger partial charge in [-0.3, -0.25) is 0 Å². The van der Waals surface area contributed by atoms with Gasteiger partial charge in [-0.05, 0) is 61.0 Å². The first-order valence-electron chi connectivity index (χ1n) is 6.42. The van der Waals surface area contributed by atoms with Gasteiger partial charge in [0.2, 0.25) is 0 Å². The van der Waals surface area contributed by atoms with E-state index in [1.165, 1.54) is 37.7 Å². The average Bonchev–Trinajstić information content (AvgIpc) is 2.90. The van der Waals surface area contributed by atoms with Crippen molar-refractivity contribution < 1.29 is 0 Å². The highest BCUT2D eigenvalue weighted by Gasteiger charge is 2.45. The molecule has 2 aliphatic rings. The van der Waals surface area contributed by atoms with E-state index in [4.69, 9.17) is 0 Å². The van der Waals surface area contributed by atoms with Crippen LogP contribution in [0.15, 0.2) is 24.3 Å². The molecule has 0 aliphatic heterocycles. The van der Waals surface area contributed by atoms with Gasteiger partial charge in [-0.1, -0.05) is 31.2 Å². The van der Waals surface area contributed by atoms with Crippen molar-refractivity contribution in [3.8, 4) is 0 Å². The van der Waals surface area contributed by atoms with Crippen molar-refractivity contribution in [2.45, 2.75) is 50.9 Å². The Morgan fingerprint density at radius 1 is 1.13 bits per heavy atom. The number of benzene rings is 1. The van der Waals surface area contributed by atoms with Crippen molar-refractivity contribution >= 4 is 0 Å². The monoisotopic (exact) mass is 200 g/mol. The van der Waals surface area contributed by atoms with Gasteiger partial charge in [0, 0.05) is 0 Å². The van der Waals surface area contributed by atoms with Crippen molar-refractivity contribution in [3.05, 3.63) is 35.4 Å². The first kappa shape index (κ1) is 9.45. The number of hydrogen-bond donors (Lipinski definition) is 0. The zero-order valence-electron chi connectivity index (χ0n) is 9.63. The molecule has 3 rings (SSSR count). The number of fused-ring (bicyclic) bond motifs is 2. The van der Waals surface area contributed by atoms with Crippen LogP contribution in [0.4, 0.5) is 0 Å². The predicted molar refractivity (Wildman–Crippen MR) is 64.1 cm³/mol. The molecule has 0 spiro atoms. The van der Waals surface area contributed by atoms with E-state index in [9.17, 15) is 0 Å². The summed E-state index contributed by atoms with van der Waals surface area (Å²) in [6, 6.07) is 9.45. The Hall–Kier alpha value is -0.780. The van der Waals surface area contributed by atoms with Crippen LogP contribution in [0.25, 0.3) is 0 Å². The van der Waals surface area contributed by atoms with Gasteiger partial charge in [-0.15, -0.1) is 0 Å². The van der Waals surface area contributed by atoms with Gasteiger partial charge < -0.3 is 0 Å². The van der Waals surface area contributed by atoms with E-state index in [0.717, 1.165) is 12.3 Å². The largest absolute Gasteiger partial charge is 0.0613 e. The lowest BCUT2D eigenvalue weighted by atomic mass is 9.77. The fourth-order valence-corrected chi connectivity index (χ4v) is 3.69. The lowest BCUT2D eigenvalue weighted by molar-refractivity contribution is 0.419. The van der Waals surface area contributed by atoms with E-state index in [-0.39, 0.29) is 0 Å². The zero-order chi connectivity index (χ0) is 10.3. The molecule has 2 saturated carbocycles. The molecule has 0 unspecified atom stereocenters. The van der Waals surface area contributed by atoms with E-state index in [1.54, 1.807) is 5.56 Å². The average molecular weight is 200 g/mol. The van der Waals surface area contributed by atoms with Gasteiger partial charge in [0.05, 0.1) is 0 Å². The van der Waals surface area contributed by atoms with E-state index >= 15 is 0 Å². The Bertz CT molecular complexity index is 339. The first-order chi connectivity index (χ1) is 7.32. The molecule has 80 valence electrons. The molecule has 2 bridgehead atoms. The molecule has 2 fully saturated rings. The minimum Gasteiger partial charge on any atom is -0.0613 e. The maximum Gasteiger partial charge on any atom is -0.00441 e. The molecular weight excluding hydrogens is 180 g/mol. The third-order valence-electron chi connectivity index (χ3n) is 4.72. The summed E-state index contributed by atoms with van der Waals surface area (Å²) in [6.07, 6.45) is 8.49. The Morgan fingerprint density at radius 3 is 2.27 bits per heavy atom. The number of aryl methyl sites for hydroxylation is 1. The molecule has 0 saturated heterocycles. The summed E-state index contributed by atoms with van der Waals surface area (Å²) in [5.74, 6) is 1.05. The van der Waals surface area contributed by atoms with Gasteiger partial charge in [0.25, 0.3) is 0 Å². The Balaban J connectivity index is 1.92. The van der Waals surface area contributed by atoms with E-state index in [1.807, 2.05) is 0 Å². The Kier molecular flexibility index (Phi) is 2.12. The number of hydrogen-bond acceptors (Lipinski definition) is 0.